The lowest BCUT2D eigenvalue weighted by molar-refractivity contribution is -0.138. The van der Waals surface area contributed by atoms with Gasteiger partial charge in [0.2, 0.25) is 5.88 Å². The van der Waals surface area contributed by atoms with E-state index in [1.165, 1.54) is 30.7 Å². The Hall–Kier alpha value is -3.11. The van der Waals surface area contributed by atoms with Gasteiger partial charge in [-0.05, 0) is 18.1 Å². The van der Waals surface area contributed by atoms with Gasteiger partial charge < -0.3 is 30.0 Å². The molecule has 3 rings (SSSR count). The second-order valence-corrected chi connectivity index (χ2v) is 5.21. The van der Waals surface area contributed by atoms with Crippen LogP contribution in [0.3, 0.4) is 0 Å². The predicted octanol–water partition coefficient (Wildman–Crippen LogP) is 0.311. The van der Waals surface area contributed by atoms with Crippen LogP contribution in [0.5, 0.6) is 17.4 Å². The lowest BCUT2D eigenvalue weighted by atomic mass is 9.78. The molecule has 0 aliphatic carbocycles. The van der Waals surface area contributed by atoms with E-state index < -0.39 is 19.2 Å². The molecular formula is C15H14BN3O6. The van der Waals surface area contributed by atoms with Crippen LogP contribution in [0.1, 0.15) is 18.1 Å². The van der Waals surface area contributed by atoms with Gasteiger partial charge in [-0.15, -0.1) is 0 Å². The topological polar surface area (TPSA) is 137 Å². The number of hydrogen-bond donors (Lipinski definition) is 3. The molecule has 0 bridgehead atoms. The van der Waals surface area contributed by atoms with Crippen LogP contribution in [-0.4, -0.2) is 33.2 Å². The number of nitrogens with zero attached hydrogens (tertiary/aromatic N) is 2. The number of ether oxygens (including phenoxy) is 2. The summed E-state index contributed by atoms with van der Waals surface area (Å²) in [7, 11) is -1.32. The summed E-state index contributed by atoms with van der Waals surface area (Å²) < 4.78 is 16.3. The first-order valence-electron chi connectivity index (χ1n) is 7.23. The van der Waals surface area contributed by atoms with Gasteiger partial charge in [0, 0.05) is 24.0 Å². The molecule has 25 heavy (non-hydrogen) atoms. The van der Waals surface area contributed by atoms with Crippen molar-refractivity contribution < 1.29 is 29.1 Å². The standard InChI is InChI=1S/C15H14BN3O6/c1-8(17)23-11-5-9(24-13-7-18-2-3-19-13)4-10-15(11)12(6-14(20)21)25-16(10)22/h2-5,7,12,22H,1,6,17H2,(H,20,21). The molecule has 0 saturated heterocycles. The zero-order valence-electron chi connectivity index (χ0n) is 13.0. The second-order valence-electron chi connectivity index (χ2n) is 5.21. The predicted molar refractivity (Wildman–Crippen MR) is 86.2 cm³/mol. The maximum Gasteiger partial charge on any atom is 0.492 e. The Bertz CT molecular complexity index is 816. The fourth-order valence-corrected chi connectivity index (χ4v) is 2.52. The SMILES string of the molecule is C=C(N)Oc1cc(Oc2cnccn2)cc2c1C(CC(=O)O)OB2O. The molecule has 2 heterocycles. The quantitative estimate of drug-likeness (QED) is 0.500. The maximum atomic E-state index is 11.0. The van der Waals surface area contributed by atoms with E-state index in [1.807, 2.05) is 0 Å². The minimum absolute atomic E-state index is 0.102. The number of aliphatic carboxylic acids is 1. The van der Waals surface area contributed by atoms with Crippen LogP contribution in [0.4, 0.5) is 0 Å². The number of benzene rings is 1. The fourth-order valence-electron chi connectivity index (χ4n) is 2.52. The minimum atomic E-state index is -1.32. The Morgan fingerprint density at radius 1 is 1.44 bits per heavy atom. The highest BCUT2D eigenvalue weighted by molar-refractivity contribution is 6.62. The van der Waals surface area contributed by atoms with Gasteiger partial charge >= 0.3 is 13.1 Å². The van der Waals surface area contributed by atoms with E-state index in [1.54, 1.807) is 0 Å². The zero-order valence-corrected chi connectivity index (χ0v) is 13.0. The van der Waals surface area contributed by atoms with E-state index in [0.29, 0.717) is 11.0 Å². The molecule has 10 heteroatoms. The summed E-state index contributed by atoms with van der Waals surface area (Å²) in [5.74, 6) is -0.479. The van der Waals surface area contributed by atoms with Gasteiger partial charge in [0.15, 0.2) is 5.88 Å². The number of nitrogens with two attached hydrogens (primary N) is 1. The van der Waals surface area contributed by atoms with Gasteiger partial charge in [-0.25, -0.2) is 4.98 Å². The Morgan fingerprint density at radius 2 is 2.24 bits per heavy atom. The molecule has 0 amide bonds. The summed E-state index contributed by atoms with van der Waals surface area (Å²) in [6.45, 7) is 3.47. The van der Waals surface area contributed by atoms with E-state index in [2.05, 4.69) is 16.5 Å². The molecule has 2 aromatic rings. The van der Waals surface area contributed by atoms with E-state index in [9.17, 15) is 9.82 Å². The summed E-state index contributed by atoms with van der Waals surface area (Å²) in [6, 6.07) is 3.00. The van der Waals surface area contributed by atoms with E-state index in [4.69, 9.17) is 25.0 Å². The Labute approximate surface area is 142 Å². The highest BCUT2D eigenvalue weighted by Crippen LogP contribution is 2.37. The van der Waals surface area contributed by atoms with Crippen LogP contribution in [0.25, 0.3) is 0 Å². The van der Waals surface area contributed by atoms with Crippen LogP contribution >= 0.6 is 0 Å². The summed E-state index contributed by atoms with van der Waals surface area (Å²) in [5.41, 5.74) is 6.21. The van der Waals surface area contributed by atoms with Crippen LogP contribution in [0.15, 0.2) is 43.2 Å². The molecule has 1 atom stereocenters. The van der Waals surface area contributed by atoms with Crippen LogP contribution in [-0.2, 0) is 9.45 Å². The highest BCUT2D eigenvalue weighted by Gasteiger charge is 2.39. The van der Waals surface area contributed by atoms with Crippen molar-refractivity contribution in [2.24, 2.45) is 5.73 Å². The summed E-state index contributed by atoms with van der Waals surface area (Å²) in [4.78, 5) is 18.9. The normalized spacial score (nSPS) is 15.6. The molecule has 4 N–H and O–H groups in total. The third kappa shape index (κ3) is 3.70. The number of carboxylic acid groups (broad SMARTS) is 1. The molecule has 1 aromatic heterocycles. The average Bonchev–Trinajstić information content (AvgIpc) is 2.83. The number of hydrogen-bond acceptors (Lipinski definition) is 8. The molecule has 1 unspecified atom stereocenters. The number of fused-ring (bicyclic) bond motifs is 1. The van der Waals surface area contributed by atoms with Crippen molar-refractivity contribution in [3.05, 3.63) is 48.7 Å². The molecule has 0 radical (unpaired) electrons. The lowest BCUT2D eigenvalue weighted by Gasteiger charge is -2.16. The van der Waals surface area contributed by atoms with Crippen molar-refractivity contribution >= 4 is 18.6 Å². The van der Waals surface area contributed by atoms with Gasteiger partial charge in [-0.2, -0.15) is 0 Å². The number of rotatable bonds is 6. The summed E-state index contributed by atoms with van der Waals surface area (Å²) in [5, 5.41) is 19.1. The third-order valence-corrected chi connectivity index (χ3v) is 3.39. The smallest absolute Gasteiger partial charge is 0.481 e. The molecule has 1 aromatic carbocycles. The Kier molecular flexibility index (Phi) is 4.55. The van der Waals surface area contributed by atoms with Crippen LogP contribution in [0, 0.1) is 0 Å². The van der Waals surface area contributed by atoms with Crippen molar-refractivity contribution in [1.82, 2.24) is 9.97 Å². The molecule has 1 aliphatic rings. The second kappa shape index (κ2) is 6.79. The molecular weight excluding hydrogens is 329 g/mol. The van der Waals surface area contributed by atoms with Crippen molar-refractivity contribution in [2.75, 3.05) is 0 Å². The number of aromatic nitrogens is 2. The van der Waals surface area contributed by atoms with E-state index in [0.717, 1.165) is 0 Å². The summed E-state index contributed by atoms with van der Waals surface area (Å²) >= 11 is 0. The van der Waals surface area contributed by atoms with E-state index in [-0.39, 0.29) is 29.7 Å². The van der Waals surface area contributed by atoms with Crippen LogP contribution in [0.2, 0.25) is 0 Å². The number of carboxylic acids is 1. The third-order valence-electron chi connectivity index (χ3n) is 3.39. The van der Waals surface area contributed by atoms with Gasteiger partial charge in [0.1, 0.15) is 11.5 Å². The average molecular weight is 343 g/mol. The summed E-state index contributed by atoms with van der Waals surface area (Å²) in [6.07, 6.45) is 3.14. The lowest BCUT2D eigenvalue weighted by Crippen LogP contribution is -2.28. The molecule has 0 fully saturated rings. The first-order valence-corrected chi connectivity index (χ1v) is 7.23. The van der Waals surface area contributed by atoms with Gasteiger partial charge in [0.05, 0.1) is 18.7 Å². The van der Waals surface area contributed by atoms with Gasteiger partial charge in [-0.1, -0.05) is 0 Å². The van der Waals surface area contributed by atoms with Gasteiger partial charge in [-0.3, -0.25) is 9.78 Å². The molecule has 0 saturated carbocycles. The number of carbonyl (C=O) groups is 1. The fraction of sp³-hybridized carbons (Fsp3) is 0.133. The first kappa shape index (κ1) is 16.7. The molecule has 1 aliphatic heterocycles. The van der Waals surface area contributed by atoms with Crippen molar-refractivity contribution in [2.45, 2.75) is 12.5 Å². The van der Waals surface area contributed by atoms with Crippen molar-refractivity contribution in [3.63, 3.8) is 0 Å². The molecule has 9 nitrogen and oxygen atoms in total. The van der Waals surface area contributed by atoms with E-state index >= 15 is 0 Å². The first-order chi connectivity index (χ1) is 11.9. The monoisotopic (exact) mass is 343 g/mol. The van der Waals surface area contributed by atoms with Crippen molar-refractivity contribution in [1.29, 1.82) is 0 Å². The zero-order chi connectivity index (χ0) is 18.0. The van der Waals surface area contributed by atoms with Crippen molar-refractivity contribution in [3.8, 4) is 17.4 Å². The largest absolute Gasteiger partial charge is 0.492 e. The Morgan fingerprint density at radius 3 is 2.88 bits per heavy atom. The Balaban J connectivity index is 2.02. The molecule has 128 valence electrons. The van der Waals surface area contributed by atoms with Crippen LogP contribution < -0.4 is 20.7 Å². The van der Waals surface area contributed by atoms with Gasteiger partial charge in [0.25, 0.3) is 0 Å². The maximum absolute atomic E-state index is 11.0. The molecule has 0 spiro atoms. The highest BCUT2D eigenvalue weighted by atomic mass is 16.5. The minimum Gasteiger partial charge on any atom is -0.481 e.